The zero-order valence-electron chi connectivity index (χ0n) is 56.9. The number of carbonyl (C=O) groups excluding carboxylic acids is 7. The smallest absolute Gasteiger partial charge is 0.342 e. The second kappa shape index (κ2) is 55.9. The van der Waals surface area contributed by atoms with Crippen molar-refractivity contribution in [2.75, 3.05) is 146 Å². The Kier molecular flexibility index (Phi) is 58.3. The molecule has 0 saturated carbocycles. The Morgan fingerprint density at radius 3 is 1.36 bits per heavy atom. The number of carboxylic acids is 2. The molecule has 1 rings (SSSR count). The van der Waals surface area contributed by atoms with Crippen LogP contribution in [0.2, 0.25) is 0 Å². The average molecular weight is 1330 g/mol. The number of unbranched alkanes of at least 4 members (excludes halogenated alkanes) is 3. The minimum atomic E-state index is -1.15. The van der Waals surface area contributed by atoms with Crippen LogP contribution in [0, 0.1) is 33.0 Å². The summed E-state index contributed by atoms with van der Waals surface area (Å²) in [6.45, 7) is 23.8. The van der Waals surface area contributed by atoms with Gasteiger partial charge >= 0.3 is 35.8 Å². The lowest BCUT2D eigenvalue weighted by Crippen LogP contribution is -2.45. The first kappa shape index (κ1) is 94.0. The number of carboxylic acid groups (broad SMARTS) is 2. The number of ketones is 2. The molecule has 0 radical (unpaired) electrons. The van der Waals surface area contributed by atoms with Crippen LogP contribution in [-0.2, 0) is 90.5 Å². The van der Waals surface area contributed by atoms with Gasteiger partial charge in [-0.1, -0.05) is 66.5 Å². The number of methoxy groups -OCH3 is 7. The van der Waals surface area contributed by atoms with Crippen LogP contribution in [-0.4, -0.2) is 210 Å². The monoisotopic (exact) mass is 1330 g/mol. The van der Waals surface area contributed by atoms with E-state index in [-0.39, 0.29) is 108 Å². The van der Waals surface area contributed by atoms with Gasteiger partial charge in [0.15, 0.2) is 0 Å². The second-order valence-electron chi connectivity index (χ2n) is 22.9. The molecule has 1 atom stereocenters. The van der Waals surface area contributed by atoms with Crippen molar-refractivity contribution < 1.29 is 110 Å². The summed E-state index contributed by atoms with van der Waals surface area (Å²) in [5.74, 6) is -3.30. The highest BCUT2D eigenvalue weighted by Crippen LogP contribution is 2.26. The number of para-hydroxylation sites is 1. The molecule has 0 spiro atoms. The van der Waals surface area contributed by atoms with Gasteiger partial charge in [-0.05, 0) is 91.4 Å². The molecule has 1 unspecified atom stereocenters. The van der Waals surface area contributed by atoms with E-state index in [1.165, 1.54) is 43.8 Å². The number of carbonyl (C=O) groups is 9. The number of hydrogen-bond donors (Lipinski definition) is 2. The van der Waals surface area contributed by atoms with Crippen molar-refractivity contribution in [3.8, 4) is 5.75 Å². The van der Waals surface area contributed by atoms with Crippen LogP contribution in [0.5, 0.6) is 5.75 Å². The molecule has 0 amide bonds. The predicted molar refractivity (Wildman–Crippen MR) is 350 cm³/mol. The number of rotatable bonds is 46. The molecule has 0 heterocycles. The van der Waals surface area contributed by atoms with Crippen molar-refractivity contribution in [2.24, 2.45) is 33.0 Å². The van der Waals surface area contributed by atoms with Crippen molar-refractivity contribution >= 4 is 77.4 Å². The largest absolute Gasteiger partial charge is 0.481 e. The molecular weight excluding hydrogens is 1210 g/mol. The Hall–Kier alpha value is -4.73. The number of esters is 4. The van der Waals surface area contributed by atoms with Crippen LogP contribution >= 0.6 is 23.5 Å². The van der Waals surface area contributed by atoms with Crippen molar-refractivity contribution in [3.05, 3.63) is 29.8 Å². The van der Waals surface area contributed by atoms with Gasteiger partial charge in [-0.15, -0.1) is 0 Å². The summed E-state index contributed by atoms with van der Waals surface area (Å²) in [4.78, 5) is 101. The van der Waals surface area contributed by atoms with Crippen LogP contribution < -0.4 is 4.74 Å². The van der Waals surface area contributed by atoms with Crippen LogP contribution in [0.3, 0.4) is 0 Å². The lowest BCUT2D eigenvalue weighted by atomic mass is 9.90. The normalized spacial score (nSPS) is 11.5. The third-order valence-electron chi connectivity index (χ3n) is 13.7. The molecule has 0 aliphatic heterocycles. The van der Waals surface area contributed by atoms with Crippen LogP contribution in [0.1, 0.15) is 158 Å². The van der Waals surface area contributed by atoms with E-state index in [4.69, 9.17) is 62.3 Å². The summed E-state index contributed by atoms with van der Waals surface area (Å²) in [5.41, 5.74) is -1.75. The van der Waals surface area contributed by atoms with Gasteiger partial charge < -0.3 is 67.1 Å². The number of thioether (sulfide) groups is 2. The topological polar surface area (TPSA) is 305 Å². The van der Waals surface area contributed by atoms with Crippen LogP contribution in [0.4, 0.5) is 0 Å². The number of hydrogen-bond acceptors (Lipinski definition) is 23. The van der Waals surface area contributed by atoms with E-state index in [2.05, 4.69) is 11.7 Å². The van der Waals surface area contributed by atoms with E-state index in [0.29, 0.717) is 83.8 Å². The molecule has 0 fully saturated rings. The number of benzene rings is 1. The molecule has 0 aromatic heterocycles. The summed E-state index contributed by atoms with van der Waals surface area (Å²) in [5, 5.41) is 17.4. The standard InChI is InChI=1S/C16H34O7.C16H20O6.C13H20O6S2.C12H24O2.C7H14O2.CH4/c1-17-7-15(8-18-2,9-19-3)13-23-14-16(10-20-4,11-21-5)12-22-6;1-4-16(2,3)15(19)21-10-9-20-14(18)12-7-5-6-8-13(12)22-11-17;1-20-4-2-10(14)7-11(15)3-5-21-8-9(13(18)19)6-12(16)17;1-5-7-8-9-10-14-11(13)12(3,4)6-2;1-5-7(2,3)6(8)9-4;/h7-14H2,1-6H3;5-8,11H,4,9-10H2,1-3H3;9H,2-8H2,1H3,(H,16,17)(H,18,19);5-10H2,1-4H3;5H2,1-4H3;1H4. The summed E-state index contributed by atoms with van der Waals surface area (Å²) >= 11 is 2.77. The van der Waals surface area contributed by atoms with Crippen molar-refractivity contribution in [2.45, 2.75) is 147 Å². The van der Waals surface area contributed by atoms with E-state index >= 15 is 0 Å². The zero-order valence-corrected chi connectivity index (χ0v) is 58.6. The number of aliphatic carboxylic acids is 2. The quantitative estimate of drug-likeness (QED) is 0.0201. The minimum Gasteiger partial charge on any atom is -0.481 e. The van der Waals surface area contributed by atoms with E-state index in [1.54, 1.807) is 80.4 Å². The minimum absolute atomic E-state index is 0. The third kappa shape index (κ3) is 45.5. The summed E-state index contributed by atoms with van der Waals surface area (Å²) in [6.07, 6.45) is 8.90. The van der Waals surface area contributed by atoms with E-state index < -0.39 is 35.7 Å². The second-order valence-corrected chi connectivity index (χ2v) is 25.1. The summed E-state index contributed by atoms with van der Waals surface area (Å²) < 4.78 is 62.5. The first-order valence-electron chi connectivity index (χ1n) is 29.8. The van der Waals surface area contributed by atoms with Gasteiger partial charge in [0.05, 0.1) is 112 Å². The molecule has 23 nitrogen and oxygen atoms in total. The maximum absolute atomic E-state index is 11.9. The zero-order chi connectivity index (χ0) is 69.0. The SMILES string of the molecule is C.CCC(C)(C)C(=O)OC.CCC(C)(C)C(=O)OCCOC(=O)c1ccccc1OC=O.CCCCCCOC(=O)C(C)(C)CC.COCC(COC)(COC)COCC(COC)(COC)COC.CSCCC(=O)CC(=O)CCSCC(CC(=O)O)C(=O)O. The molecule has 1 aromatic rings. The fourth-order valence-corrected chi connectivity index (χ4v) is 8.72. The lowest BCUT2D eigenvalue weighted by molar-refractivity contribution is -0.155. The molecule has 526 valence electrons. The maximum Gasteiger partial charge on any atom is 0.342 e. The molecule has 90 heavy (non-hydrogen) atoms. The third-order valence-corrected chi connectivity index (χ3v) is 15.4. The van der Waals surface area contributed by atoms with Gasteiger partial charge in [-0.3, -0.25) is 38.4 Å². The average Bonchev–Trinajstić information content (AvgIpc) is 1.77. The number of Topliss-reactive ketones (excluding diaryl/α,β-unsaturated/α-hetero) is 2. The van der Waals surface area contributed by atoms with E-state index in [0.717, 1.165) is 25.7 Å². The van der Waals surface area contributed by atoms with E-state index in [9.17, 15) is 43.2 Å². The molecule has 0 aliphatic carbocycles. The molecule has 1 aromatic carbocycles. The maximum atomic E-state index is 11.9. The Morgan fingerprint density at radius 1 is 0.556 bits per heavy atom. The Labute approximate surface area is 547 Å². The summed E-state index contributed by atoms with van der Waals surface area (Å²) in [7, 11) is 11.4. The molecule has 0 saturated heterocycles. The van der Waals surface area contributed by atoms with Gasteiger partial charge in [0.2, 0.25) is 0 Å². The molecule has 25 heteroatoms. The van der Waals surface area contributed by atoms with Gasteiger partial charge in [0.1, 0.15) is 36.1 Å². The first-order valence-corrected chi connectivity index (χ1v) is 32.3. The molecule has 0 aliphatic rings. The fourth-order valence-electron chi connectivity index (χ4n) is 7.20. The molecular formula is C65H116O23S2. The highest BCUT2D eigenvalue weighted by molar-refractivity contribution is 7.99. The van der Waals surface area contributed by atoms with Crippen LogP contribution in [0.25, 0.3) is 0 Å². The van der Waals surface area contributed by atoms with Gasteiger partial charge in [-0.25, -0.2) is 4.79 Å². The Morgan fingerprint density at radius 2 is 0.978 bits per heavy atom. The Bertz CT molecular complexity index is 2040. The lowest BCUT2D eigenvalue weighted by Gasteiger charge is -2.35. The highest BCUT2D eigenvalue weighted by atomic mass is 32.2. The van der Waals surface area contributed by atoms with Gasteiger partial charge in [-0.2, -0.15) is 23.5 Å². The number of ether oxygens (including phenoxy) is 12. The van der Waals surface area contributed by atoms with Crippen molar-refractivity contribution in [3.63, 3.8) is 0 Å². The summed E-state index contributed by atoms with van der Waals surface area (Å²) in [6, 6.07) is 6.21. The van der Waals surface area contributed by atoms with Crippen molar-refractivity contribution in [1.82, 2.24) is 0 Å². The van der Waals surface area contributed by atoms with Crippen molar-refractivity contribution in [1.29, 1.82) is 0 Å². The molecule has 0 bridgehead atoms. The Balaban J connectivity index is -0.000000343. The highest BCUT2D eigenvalue weighted by Gasteiger charge is 2.36. The fraction of sp³-hybridized carbons (Fsp3) is 0.769. The van der Waals surface area contributed by atoms with Crippen LogP contribution in [0.15, 0.2) is 24.3 Å². The van der Waals surface area contributed by atoms with Gasteiger partial charge in [0.25, 0.3) is 6.47 Å². The predicted octanol–water partition coefficient (Wildman–Crippen LogP) is 10.6. The van der Waals surface area contributed by atoms with E-state index in [1.807, 2.05) is 54.7 Å². The first-order chi connectivity index (χ1) is 41.9. The van der Waals surface area contributed by atoms with Gasteiger partial charge in [0, 0.05) is 67.0 Å². The molecule has 2 N–H and O–H groups in total.